The molecule has 3 heterocycles. The molecule has 3 rings (SSSR count). The van der Waals surface area contributed by atoms with Gasteiger partial charge in [0.1, 0.15) is 10.0 Å². The van der Waals surface area contributed by atoms with Gasteiger partial charge in [0, 0.05) is 12.1 Å². The molecule has 0 spiro atoms. The second-order valence-corrected chi connectivity index (χ2v) is 5.62. The highest BCUT2D eigenvalue weighted by Crippen LogP contribution is 2.32. The molecule has 80 valence electrons. The predicted molar refractivity (Wildman–Crippen MR) is 60.8 cm³/mol. The first-order chi connectivity index (χ1) is 7.33. The molecule has 2 aliphatic rings. The molecule has 1 saturated heterocycles. The summed E-state index contributed by atoms with van der Waals surface area (Å²) in [4.78, 5) is 2.58. The zero-order valence-corrected chi connectivity index (χ0v) is 9.70. The van der Waals surface area contributed by atoms with E-state index in [1.54, 1.807) is 11.3 Å². The van der Waals surface area contributed by atoms with Crippen LogP contribution in [0.2, 0.25) is 0 Å². The Hall–Kier alpha value is -0.740. The van der Waals surface area contributed by atoms with Gasteiger partial charge in [0.05, 0.1) is 6.54 Å². The summed E-state index contributed by atoms with van der Waals surface area (Å²) >= 11 is 1.73. The maximum atomic E-state index is 4.21. The van der Waals surface area contributed by atoms with Crippen LogP contribution < -0.4 is 0 Å². The van der Waals surface area contributed by atoms with Gasteiger partial charge in [0.25, 0.3) is 0 Å². The summed E-state index contributed by atoms with van der Waals surface area (Å²) in [6, 6.07) is 1.41. The SMILES string of the molecule is Cc1nnc(CN2C3C=CCC2CC3)s1. The van der Waals surface area contributed by atoms with Gasteiger partial charge in [-0.1, -0.05) is 12.2 Å². The highest BCUT2D eigenvalue weighted by Gasteiger charge is 2.33. The van der Waals surface area contributed by atoms with Crippen LogP contribution in [0.1, 0.15) is 29.3 Å². The molecule has 0 radical (unpaired) electrons. The molecule has 3 nitrogen and oxygen atoms in total. The van der Waals surface area contributed by atoms with Crippen LogP contribution in [0.25, 0.3) is 0 Å². The van der Waals surface area contributed by atoms with Crippen LogP contribution in [0, 0.1) is 6.92 Å². The standard InChI is InChI=1S/C11H15N3S/c1-8-12-13-11(15-8)7-14-9-3-2-4-10(14)6-5-9/h2-3,9-10H,4-7H2,1H3. The number of aryl methyl sites for hydroxylation is 1. The van der Waals surface area contributed by atoms with Crippen LogP contribution >= 0.6 is 11.3 Å². The van der Waals surface area contributed by atoms with E-state index >= 15 is 0 Å². The fourth-order valence-corrected chi connectivity index (χ4v) is 3.34. The fraction of sp³-hybridized carbons (Fsp3) is 0.636. The molecule has 2 atom stereocenters. The summed E-state index contributed by atoms with van der Waals surface area (Å²) in [5, 5.41) is 10.5. The molecule has 2 bridgehead atoms. The third kappa shape index (κ3) is 1.72. The average Bonchev–Trinajstić information content (AvgIpc) is 2.71. The van der Waals surface area contributed by atoms with Crippen LogP contribution in [0.5, 0.6) is 0 Å². The Morgan fingerprint density at radius 1 is 1.47 bits per heavy atom. The molecule has 4 heteroatoms. The zero-order chi connectivity index (χ0) is 10.3. The lowest BCUT2D eigenvalue weighted by Crippen LogP contribution is -2.36. The van der Waals surface area contributed by atoms with Gasteiger partial charge < -0.3 is 0 Å². The third-order valence-electron chi connectivity index (χ3n) is 3.34. The highest BCUT2D eigenvalue weighted by atomic mass is 32.1. The van der Waals surface area contributed by atoms with Crippen molar-refractivity contribution in [1.82, 2.24) is 15.1 Å². The maximum absolute atomic E-state index is 4.21. The minimum absolute atomic E-state index is 0.660. The summed E-state index contributed by atoms with van der Waals surface area (Å²) in [5.41, 5.74) is 0. The lowest BCUT2D eigenvalue weighted by atomic mass is 10.1. The van der Waals surface area contributed by atoms with Crippen molar-refractivity contribution in [1.29, 1.82) is 0 Å². The van der Waals surface area contributed by atoms with Crippen LogP contribution in [0.15, 0.2) is 12.2 Å². The van der Waals surface area contributed by atoms with Gasteiger partial charge in [-0.15, -0.1) is 21.5 Å². The van der Waals surface area contributed by atoms with Gasteiger partial charge in [0.2, 0.25) is 0 Å². The van der Waals surface area contributed by atoms with Gasteiger partial charge in [-0.3, -0.25) is 4.90 Å². The Bertz CT molecular complexity index is 385. The molecule has 2 aliphatic heterocycles. The van der Waals surface area contributed by atoms with E-state index in [0.29, 0.717) is 6.04 Å². The lowest BCUT2D eigenvalue weighted by molar-refractivity contribution is 0.199. The van der Waals surface area contributed by atoms with Crippen LogP contribution in [-0.4, -0.2) is 27.2 Å². The van der Waals surface area contributed by atoms with Crippen molar-refractivity contribution >= 4 is 11.3 Å². The molecule has 0 saturated carbocycles. The Kier molecular flexibility index (Phi) is 2.33. The van der Waals surface area contributed by atoms with E-state index < -0.39 is 0 Å². The van der Waals surface area contributed by atoms with Gasteiger partial charge >= 0.3 is 0 Å². The van der Waals surface area contributed by atoms with Crippen LogP contribution in [-0.2, 0) is 6.54 Å². The minimum Gasteiger partial charge on any atom is -0.287 e. The minimum atomic E-state index is 0.660. The van der Waals surface area contributed by atoms with Crippen LogP contribution in [0.3, 0.4) is 0 Å². The number of hydrogen-bond donors (Lipinski definition) is 0. The van der Waals surface area contributed by atoms with E-state index in [4.69, 9.17) is 0 Å². The molecule has 15 heavy (non-hydrogen) atoms. The third-order valence-corrected chi connectivity index (χ3v) is 4.17. The Balaban J connectivity index is 1.76. The largest absolute Gasteiger partial charge is 0.287 e. The summed E-state index contributed by atoms with van der Waals surface area (Å²) in [6.07, 6.45) is 8.57. The molecule has 2 unspecified atom stereocenters. The number of fused-ring (bicyclic) bond motifs is 2. The second kappa shape index (κ2) is 3.68. The molecular weight excluding hydrogens is 206 g/mol. The maximum Gasteiger partial charge on any atom is 0.131 e. The van der Waals surface area contributed by atoms with E-state index in [0.717, 1.165) is 17.6 Å². The summed E-state index contributed by atoms with van der Waals surface area (Å²) < 4.78 is 0. The number of nitrogens with zero attached hydrogens (tertiary/aromatic N) is 3. The summed E-state index contributed by atoms with van der Waals surface area (Å²) in [6.45, 7) is 3.01. The summed E-state index contributed by atoms with van der Waals surface area (Å²) in [5.74, 6) is 0. The van der Waals surface area contributed by atoms with Gasteiger partial charge in [-0.2, -0.15) is 0 Å². The van der Waals surface area contributed by atoms with E-state index in [1.165, 1.54) is 24.3 Å². The van der Waals surface area contributed by atoms with Crippen molar-refractivity contribution in [2.24, 2.45) is 0 Å². The van der Waals surface area contributed by atoms with Gasteiger partial charge in [-0.25, -0.2) is 0 Å². The average molecular weight is 221 g/mol. The van der Waals surface area contributed by atoms with E-state index in [2.05, 4.69) is 27.2 Å². The monoisotopic (exact) mass is 221 g/mol. The first-order valence-electron chi connectivity index (χ1n) is 5.54. The quantitative estimate of drug-likeness (QED) is 0.716. The van der Waals surface area contributed by atoms with Crippen molar-refractivity contribution in [3.63, 3.8) is 0 Å². The second-order valence-electron chi connectivity index (χ2n) is 4.35. The van der Waals surface area contributed by atoms with Crippen LogP contribution in [0.4, 0.5) is 0 Å². The van der Waals surface area contributed by atoms with Crippen molar-refractivity contribution in [2.45, 2.75) is 44.8 Å². The van der Waals surface area contributed by atoms with Crippen molar-refractivity contribution in [3.05, 3.63) is 22.2 Å². The topological polar surface area (TPSA) is 29.0 Å². The Labute approximate surface area is 93.8 Å². The van der Waals surface area contributed by atoms with Gasteiger partial charge in [0.15, 0.2) is 0 Å². The molecular formula is C11H15N3S. The molecule has 0 aromatic carbocycles. The number of rotatable bonds is 2. The number of hydrogen-bond acceptors (Lipinski definition) is 4. The van der Waals surface area contributed by atoms with Gasteiger partial charge in [-0.05, 0) is 26.2 Å². The fourth-order valence-electron chi connectivity index (χ4n) is 2.62. The highest BCUT2D eigenvalue weighted by molar-refractivity contribution is 7.11. The normalized spacial score (nSPS) is 29.9. The van der Waals surface area contributed by atoms with Crippen molar-refractivity contribution < 1.29 is 0 Å². The predicted octanol–water partition coefficient (Wildman–Crippen LogP) is 2.14. The number of aromatic nitrogens is 2. The first-order valence-corrected chi connectivity index (χ1v) is 6.36. The molecule has 0 aliphatic carbocycles. The smallest absolute Gasteiger partial charge is 0.131 e. The van der Waals surface area contributed by atoms with Crippen molar-refractivity contribution in [3.8, 4) is 0 Å². The molecule has 1 aromatic heterocycles. The molecule has 1 fully saturated rings. The summed E-state index contributed by atoms with van der Waals surface area (Å²) in [7, 11) is 0. The van der Waals surface area contributed by atoms with E-state index in [9.17, 15) is 0 Å². The Morgan fingerprint density at radius 2 is 2.40 bits per heavy atom. The van der Waals surface area contributed by atoms with E-state index in [-0.39, 0.29) is 0 Å². The molecule has 0 amide bonds. The molecule has 0 N–H and O–H groups in total. The Morgan fingerprint density at radius 3 is 3.13 bits per heavy atom. The lowest BCUT2D eigenvalue weighted by Gasteiger charge is -2.30. The van der Waals surface area contributed by atoms with Crippen molar-refractivity contribution in [2.75, 3.05) is 0 Å². The van der Waals surface area contributed by atoms with E-state index in [1.807, 2.05) is 6.92 Å². The first kappa shape index (κ1) is 9.48. The zero-order valence-electron chi connectivity index (χ0n) is 8.89. The molecule has 1 aromatic rings.